The molecule has 0 atom stereocenters. The molecule has 0 amide bonds. The van der Waals surface area contributed by atoms with Gasteiger partial charge in [0.25, 0.3) is 0 Å². The number of anilines is 1. The van der Waals surface area contributed by atoms with Gasteiger partial charge in [0.2, 0.25) is 0 Å². The average Bonchev–Trinajstić information content (AvgIpc) is 2.62. The van der Waals surface area contributed by atoms with Crippen LogP contribution in [-0.4, -0.2) is 54.2 Å². The first-order chi connectivity index (χ1) is 12.4. The molecule has 1 N–H and O–H groups in total. The minimum Gasteiger partial charge on any atom is -0.494 e. The minimum absolute atomic E-state index is 0.446. The standard InChI is InChI=1S/C18H26N5OPS/c1-6-24-16-9-7-15(8-10-16)20-18(26)21-25(22(2)3,23(4)5)17-11-13-19-14-12-17/h7-14H,6H2,1-5H3,(H,20,26). The smallest absolute Gasteiger partial charge is 0.198 e. The SMILES string of the molecule is CCOc1ccc(NC(=S)N=P(c2ccncc2)(N(C)C)N(C)C)cc1. The van der Waals surface area contributed by atoms with Crippen molar-refractivity contribution in [1.29, 1.82) is 0 Å². The van der Waals surface area contributed by atoms with Crippen LogP contribution in [-0.2, 0) is 0 Å². The molecule has 0 fully saturated rings. The molecule has 0 radical (unpaired) electrons. The molecule has 6 nitrogen and oxygen atoms in total. The number of thiocarbonyl (C=S) groups is 1. The largest absolute Gasteiger partial charge is 0.494 e. The van der Waals surface area contributed by atoms with Crippen LogP contribution in [0.4, 0.5) is 5.69 Å². The van der Waals surface area contributed by atoms with Crippen LogP contribution in [0.5, 0.6) is 5.75 Å². The molecule has 0 aliphatic rings. The molecule has 0 bridgehead atoms. The molecule has 1 aromatic heterocycles. The molecular formula is C18H26N5OPS. The van der Waals surface area contributed by atoms with Crippen LogP contribution in [0.3, 0.4) is 0 Å². The molecule has 0 saturated carbocycles. The Bertz CT molecular complexity index is 766. The Morgan fingerprint density at radius 1 is 1.08 bits per heavy atom. The Morgan fingerprint density at radius 3 is 2.15 bits per heavy atom. The van der Waals surface area contributed by atoms with Crippen molar-refractivity contribution in [3.8, 4) is 5.75 Å². The van der Waals surface area contributed by atoms with Crippen molar-refractivity contribution in [2.45, 2.75) is 6.92 Å². The van der Waals surface area contributed by atoms with E-state index in [2.05, 4.69) is 19.6 Å². The van der Waals surface area contributed by atoms with E-state index >= 15 is 0 Å². The fourth-order valence-corrected chi connectivity index (χ4v) is 6.09. The van der Waals surface area contributed by atoms with Gasteiger partial charge in [-0.15, -0.1) is 0 Å². The molecule has 26 heavy (non-hydrogen) atoms. The fraction of sp³-hybridized carbons (Fsp3) is 0.333. The van der Waals surface area contributed by atoms with Gasteiger partial charge in [0, 0.05) is 23.4 Å². The molecule has 0 spiro atoms. The van der Waals surface area contributed by atoms with Crippen molar-refractivity contribution < 1.29 is 4.74 Å². The third-order valence-electron chi connectivity index (χ3n) is 3.77. The third kappa shape index (κ3) is 4.68. The first-order valence-corrected chi connectivity index (χ1v) is 10.4. The number of benzene rings is 1. The predicted molar refractivity (Wildman–Crippen MR) is 114 cm³/mol. The summed E-state index contributed by atoms with van der Waals surface area (Å²) in [6.45, 7) is 2.61. The van der Waals surface area contributed by atoms with Crippen LogP contribution in [0.1, 0.15) is 6.92 Å². The first-order valence-electron chi connectivity index (χ1n) is 8.32. The van der Waals surface area contributed by atoms with Crippen molar-refractivity contribution >= 4 is 35.7 Å². The van der Waals surface area contributed by atoms with E-state index in [0.29, 0.717) is 11.7 Å². The molecule has 2 rings (SSSR count). The fourth-order valence-electron chi connectivity index (χ4n) is 2.68. The zero-order valence-corrected chi connectivity index (χ0v) is 17.6. The van der Waals surface area contributed by atoms with Crippen LogP contribution < -0.4 is 15.4 Å². The third-order valence-corrected chi connectivity index (χ3v) is 7.80. The summed E-state index contributed by atoms with van der Waals surface area (Å²) in [5.74, 6) is 0.834. The second-order valence-corrected chi connectivity index (χ2v) is 9.80. The van der Waals surface area contributed by atoms with Gasteiger partial charge in [0.05, 0.1) is 6.61 Å². The molecule has 0 saturated heterocycles. The number of hydrogen-bond donors (Lipinski definition) is 1. The number of ether oxygens (including phenoxy) is 1. The van der Waals surface area contributed by atoms with Crippen LogP contribution in [0.2, 0.25) is 0 Å². The van der Waals surface area contributed by atoms with Gasteiger partial charge in [0.1, 0.15) is 13.1 Å². The monoisotopic (exact) mass is 391 g/mol. The lowest BCUT2D eigenvalue weighted by Gasteiger charge is -2.36. The summed E-state index contributed by atoms with van der Waals surface area (Å²) in [4.78, 5) is 4.13. The van der Waals surface area contributed by atoms with Crippen molar-refractivity contribution in [3.63, 3.8) is 0 Å². The van der Waals surface area contributed by atoms with Gasteiger partial charge in [0.15, 0.2) is 5.11 Å². The Labute approximate surface area is 161 Å². The highest BCUT2D eigenvalue weighted by molar-refractivity contribution is 7.81. The van der Waals surface area contributed by atoms with E-state index in [9.17, 15) is 0 Å². The van der Waals surface area contributed by atoms with E-state index in [4.69, 9.17) is 21.7 Å². The van der Waals surface area contributed by atoms with E-state index in [1.165, 1.54) is 0 Å². The lowest BCUT2D eigenvalue weighted by Crippen LogP contribution is -2.30. The van der Waals surface area contributed by atoms with E-state index in [1.54, 1.807) is 12.4 Å². The number of nitrogens with zero attached hydrogens (tertiary/aromatic N) is 4. The highest BCUT2D eigenvalue weighted by Gasteiger charge is 2.28. The van der Waals surface area contributed by atoms with E-state index in [1.807, 2.05) is 71.5 Å². The second-order valence-electron chi connectivity index (χ2n) is 5.96. The highest BCUT2D eigenvalue weighted by atomic mass is 32.1. The predicted octanol–water partition coefficient (Wildman–Crippen LogP) is 3.66. The van der Waals surface area contributed by atoms with Crippen LogP contribution >= 0.6 is 19.6 Å². The number of pyridine rings is 1. The summed E-state index contributed by atoms with van der Waals surface area (Å²) in [6.07, 6.45) is 3.57. The maximum Gasteiger partial charge on any atom is 0.198 e. The summed E-state index contributed by atoms with van der Waals surface area (Å²) in [7, 11) is 5.92. The van der Waals surface area contributed by atoms with Gasteiger partial charge in [-0.1, -0.05) is 0 Å². The van der Waals surface area contributed by atoms with Gasteiger partial charge in [-0.25, -0.2) is 4.74 Å². The Kier molecular flexibility index (Phi) is 7.29. The van der Waals surface area contributed by atoms with Gasteiger partial charge in [-0.3, -0.25) is 14.3 Å². The van der Waals surface area contributed by atoms with E-state index in [-0.39, 0.29) is 0 Å². The van der Waals surface area contributed by atoms with Crippen molar-refractivity contribution in [2.24, 2.45) is 4.74 Å². The van der Waals surface area contributed by atoms with Crippen LogP contribution in [0.15, 0.2) is 53.5 Å². The average molecular weight is 391 g/mol. The quantitative estimate of drug-likeness (QED) is 0.599. The second kappa shape index (κ2) is 9.24. The Hall–Kier alpha value is -1.79. The van der Waals surface area contributed by atoms with Crippen LogP contribution in [0.25, 0.3) is 0 Å². The Balaban J connectivity index is 2.35. The normalized spacial score (nSPS) is 11.5. The van der Waals surface area contributed by atoms with E-state index < -0.39 is 7.36 Å². The van der Waals surface area contributed by atoms with Gasteiger partial charge in [-0.05, 0) is 83.7 Å². The van der Waals surface area contributed by atoms with Gasteiger partial charge >= 0.3 is 0 Å². The Morgan fingerprint density at radius 2 is 1.65 bits per heavy atom. The van der Waals surface area contributed by atoms with Crippen molar-refractivity contribution in [1.82, 2.24) is 14.3 Å². The van der Waals surface area contributed by atoms with Gasteiger partial charge < -0.3 is 10.1 Å². The highest BCUT2D eigenvalue weighted by Crippen LogP contribution is 2.52. The molecule has 8 heteroatoms. The molecular weight excluding hydrogens is 365 g/mol. The zero-order chi connectivity index (χ0) is 19.2. The number of hydrogen-bond acceptors (Lipinski definition) is 3. The number of aromatic nitrogens is 1. The molecule has 0 aliphatic carbocycles. The lowest BCUT2D eigenvalue weighted by molar-refractivity contribution is 0.340. The molecule has 0 unspecified atom stereocenters. The summed E-state index contributed by atoms with van der Waals surface area (Å²) < 4.78 is 14.7. The van der Waals surface area contributed by atoms with Crippen molar-refractivity contribution in [2.75, 3.05) is 40.1 Å². The van der Waals surface area contributed by atoms with Crippen LogP contribution in [0, 0.1) is 0 Å². The molecule has 1 heterocycles. The molecule has 140 valence electrons. The molecule has 2 aromatic rings. The van der Waals surface area contributed by atoms with Crippen molar-refractivity contribution in [3.05, 3.63) is 48.8 Å². The van der Waals surface area contributed by atoms with Gasteiger partial charge in [-0.2, -0.15) is 0 Å². The molecule has 1 aromatic carbocycles. The number of nitrogens with one attached hydrogen (secondary N) is 1. The number of rotatable bonds is 6. The first kappa shape index (κ1) is 20.5. The zero-order valence-electron chi connectivity index (χ0n) is 15.9. The minimum atomic E-state index is -2.18. The maximum atomic E-state index is 5.56. The lowest BCUT2D eigenvalue weighted by atomic mass is 10.3. The maximum absolute atomic E-state index is 5.56. The summed E-state index contributed by atoms with van der Waals surface area (Å²) in [5, 5.41) is 4.76. The summed E-state index contributed by atoms with van der Waals surface area (Å²) in [5.41, 5.74) is 0.882. The topological polar surface area (TPSA) is 53.0 Å². The summed E-state index contributed by atoms with van der Waals surface area (Å²) >= 11 is 5.56. The molecule has 0 aliphatic heterocycles. The summed E-state index contributed by atoms with van der Waals surface area (Å²) in [6, 6.07) is 11.7. The van der Waals surface area contributed by atoms with E-state index in [0.717, 1.165) is 16.7 Å².